The van der Waals surface area contributed by atoms with Crippen LogP contribution >= 0.6 is 0 Å². The molecule has 1 fully saturated rings. The van der Waals surface area contributed by atoms with Crippen molar-refractivity contribution in [2.24, 2.45) is 0 Å². The molecular weight excluding hydrogens is 409 g/mol. The number of ether oxygens (including phenoxy) is 1. The molecule has 2 aromatic rings. The predicted octanol–water partition coefficient (Wildman–Crippen LogP) is 3.42. The van der Waals surface area contributed by atoms with Gasteiger partial charge in [0.1, 0.15) is 0 Å². The number of carbonyl (C=O) groups excluding carboxylic acids is 1. The van der Waals surface area contributed by atoms with E-state index < -0.39 is 27.7 Å². The minimum Gasteiger partial charge on any atom is -0.377 e. The fraction of sp³-hybridized carbons (Fsp3) is 0.316. The quantitative estimate of drug-likeness (QED) is 0.739. The number of rotatable bonds is 6. The van der Waals surface area contributed by atoms with E-state index in [0.29, 0.717) is 6.61 Å². The zero-order valence-corrected chi connectivity index (χ0v) is 16.0. The number of alkyl halides is 3. The third-order valence-corrected chi connectivity index (χ3v) is 5.84. The maximum atomic E-state index is 12.8. The molecule has 2 N–H and O–H groups in total. The van der Waals surface area contributed by atoms with Gasteiger partial charge in [-0.05, 0) is 55.3 Å². The Morgan fingerprint density at radius 1 is 1.14 bits per heavy atom. The highest BCUT2D eigenvalue weighted by atomic mass is 32.2. The first-order valence-corrected chi connectivity index (χ1v) is 10.3. The zero-order chi connectivity index (χ0) is 21.1. The highest BCUT2D eigenvalue weighted by molar-refractivity contribution is 7.89. The first-order valence-electron chi connectivity index (χ1n) is 8.85. The van der Waals surface area contributed by atoms with Gasteiger partial charge < -0.3 is 10.1 Å². The van der Waals surface area contributed by atoms with Crippen molar-refractivity contribution in [2.45, 2.75) is 30.0 Å². The minimum atomic E-state index is -4.52. The summed E-state index contributed by atoms with van der Waals surface area (Å²) in [5.41, 5.74) is -0.783. The van der Waals surface area contributed by atoms with Crippen molar-refractivity contribution in [3.05, 3.63) is 59.7 Å². The summed E-state index contributed by atoms with van der Waals surface area (Å²) in [4.78, 5) is 12.2. The Hall–Kier alpha value is -2.43. The molecule has 10 heteroatoms. The van der Waals surface area contributed by atoms with Crippen molar-refractivity contribution < 1.29 is 31.1 Å². The van der Waals surface area contributed by atoms with Crippen LogP contribution in [-0.2, 0) is 20.9 Å². The molecule has 29 heavy (non-hydrogen) atoms. The van der Waals surface area contributed by atoms with E-state index in [-0.39, 0.29) is 28.8 Å². The molecule has 6 nitrogen and oxygen atoms in total. The van der Waals surface area contributed by atoms with Crippen LogP contribution in [0.15, 0.2) is 53.4 Å². The molecule has 156 valence electrons. The van der Waals surface area contributed by atoms with Crippen molar-refractivity contribution in [1.29, 1.82) is 0 Å². The summed E-state index contributed by atoms with van der Waals surface area (Å²) < 4.78 is 70.8. The summed E-state index contributed by atoms with van der Waals surface area (Å²) in [6.07, 6.45) is -2.99. The van der Waals surface area contributed by atoms with Gasteiger partial charge in [-0.3, -0.25) is 4.79 Å². The molecule has 0 bridgehead atoms. The standard InChI is InChI=1S/C19H19F3N2O4S/c20-19(21,22)14-3-1-4-15(11-14)24-18(25)13-6-8-17(9-7-13)29(26,27)23-12-16-5-2-10-28-16/h1,3-4,6-9,11,16,23H,2,5,10,12H2,(H,24,25). The molecule has 1 heterocycles. The van der Waals surface area contributed by atoms with E-state index in [1.807, 2.05) is 0 Å². The second-order valence-corrected chi connectivity index (χ2v) is 8.31. The summed E-state index contributed by atoms with van der Waals surface area (Å²) in [5.74, 6) is -0.652. The van der Waals surface area contributed by atoms with E-state index in [1.165, 1.54) is 36.4 Å². The van der Waals surface area contributed by atoms with E-state index in [2.05, 4.69) is 10.0 Å². The molecule has 0 aliphatic carbocycles. The monoisotopic (exact) mass is 428 g/mol. The molecule has 3 rings (SSSR count). The van der Waals surface area contributed by atoms with Crippen LogP contribution in [0.4, 0.5) is 18.9 Å². The van der Waals surface area contributed by atoms with E-state index in [9.17, 15) is 26.4 Å². The fourth-order valence-corrected chi connectivity index (χ4v) is 3.92. The number of nitrogens with one attached hydrogen (secondary N) is 2. The summed E-state index contributed by atoms with van der Waals surface area (Å²) in [7, 11) is -3.76. The molecule has 0 radical (unpaired) electrons. The van der Waals surface area contributed by atoms with Crippen LogP contribution in [0, 0.1) is 0 Å². The Labute approximate surface area is 166 Å². The molecule has 1 aliphatic heterocycles. The van der Waals surface area contributed by atoms with Crippen molar-refractivity contribution in [1.82, 2.24) is 4.72 Å². The highest BCUT2D eigenvalue weighted by Crippen LogP contribution is 2.30. The van der Waals surface area contributed by atoms with Crippen LogP contribution in [0.3, 0.4) is 0 Å². The van der Waals surface area contributed by atoms with Crippen LogP contribution in [0.1, 0.15) is 28.8 Å². The summed E-state index contributed by atoms with van der Waals surface area (Å²) >= 11 is 0. The Bertz CT molecular complexity index is 970. The minimum absolute atomic E-state index is 0.0141. The molecule has 0 saturated carbocycles. The van der Waals surface area contributed by atoms with E-state index in [0.717, 1.165) is 25.0 Å². The van der Waals surface area contributed by atoms with Crippen LogP contribution in [0.2, 0.25) is 0 Å². The van der Waals surface area contributed by atoms with Gasteiger partial charge in [0.15, 0.2) is 0 Å². The number of carbonyl (C=O) groups is 1. The molecule has 1 atom stereocenters. The highest BCUT2D eigenvalue weighted by Gasteiger charge is 2.30. The fourth-order valence-electron chi connectivity index (χ4n) is 2.85. The molecule has 1 aliphatic rings. The Morgan fingerprint density at radius 2 is 1.86 bits per heavy atom. The lowest BCUT2D eigenvalue weighted by atomic mass is 10.1. The number of anilines is 1. The molecule has 0 aromatic heterocycles. The SMILES string of the molecule is O=C(Nc1cccc(C(F)(F)F)c1)c1ccc(S(=O)(=O)NCC2CCCO2)cc1. The second kappa shape index (κ2) is 8.52. The average molecular weight is 428 g/mol. The second-order valence-electron chi connectivity index (χ2n) is 6.54. The summed E-state index contributed by atoms with van der Waals surface area (Å²) in [6.45, 7) is 0.780. The van der Waals surface area contributed by atoms with Crippen LogP contribution < -0.4 is 10.0 Å². The molecule has 0 spiro atoms. The van der Waals surface area contributed by atoms with Crippen molar-refractivity contribution >= 4 is 21.6 Å². The van der Waals surface area contributed by atoms with Crippen LogP contribution in [0.5, 0.6) is 0 Å². The molecule has 1 amide bonds. The maximum Gasteiger partial charge on any atom is 0.416 e. The maximum absolute atomic E-state index is 12.8. The van der Waals surface area contributed by atoms with Crippen molar-refractivity contribution in [3.8, 4) is 0 Å². The summed E-state index contributed by atoms with van der Waals surface area (Å²) in [6, 6.07) is 9.37. The number of hydrogen-bond donors (Lipinski definition) is 2. The third kappa shape index (κ3) is 5.55. The van der Waals surface area contributed by atoms with Gasteiger partial charge in [0, 0.05) is 24.4 Å². The van der Waals surface area contributed by atoms with Gasteiger partial charge in [-0.2, -0.15) is 13.2 Å². The van der Waals surface area contributed by atoms with Crippen molar-refractivity contribution in [2.75, 3.05) is 18.5 Å². The first-order chi connectivity index (χ1) is 13.6. The topological polar surface area (TPSA) is 84.5 Å². The van der Waals surface area contributed by atoms with Gasteiger partial charge in [0.25, 0.3) is 5.91 Å². The van der Waals surface area contributed by atoms with Gasteiger partial charge >= 0.3 is 6.18 Å². The van der Waals surface area contributed by atoms with E-state index >= 15 is 0 Å². The number of sulfonamides is 1. The van der Waals surface area contributed by atoms with E-state index in [4.69, 9.17) is 4.74 Å². The zero-order valence-electron chi connectivity index (χ0n) is 15.2. The lowest BCUT2D eigenvalue weighted by Gasteiger charge is -2.12. The van der Waals surface area contributed by atoms with Crippen LogP contribution in [-0.4, -0.2) is 33.6 Å². The number of benzene rings is 2. The number of halogens is 3. The summed E-state index contributed by atoms with van der Waals surface area (Å²) in [5, 5.41) is 2.37. The largest absolute Gasteiger partial charge is 0.416 e. The third-order valence-electron chi connectivity index (χ3n) is 4.40. The molecular formula is C19H19F3N2O4S. The molecule has 1 unspecified atom stereocenters. The number of hydrogen-bond acceptors (Lipinski definition) is 4. The van der Waals surface area contributed by atoms with E-state index in [1.54, 1.807) is 0 Å². The Kier molecular flexibility index (Phi) is 6.25. The molecule has 2 aromatic carbocycles. The smallest absolute Gasteiger partial charge is 0.377 e. The lowest BCUT2D eigenvalue weighted by Crippen LogP contribution is -2.31. The predicted molar refractivity (Wildman–Crippen MR) is 100 cm³/mol. The first kappa shape index (κ1) is 21.3. The molecule has 1 saturated heterocycles. The Morgan fingerprint density at radius 3 is 2.48 bits per heavy atom. The van der Waals surface area contributed by atoms with Gasteiger partial charge in [0.2, 0.25) is 10.0 Å². The Balaban J connectivity index is 1.65. The lowest BCUT2D eigenvalue weighted by molar-refractivity contribution is -0.137. The van der Waals surface area contributed by atoms with Gasteiger partial charge in [-0.25, -0.2) is 13.1 Å². The average Bonchev–Trinajstić information content (AvgIpc) is 3.20. The van der Waals surface area contributed by atoms with Gasteiger partial charge in [-0.1, -0.05) is 6.07 Å². The number of amides is 1. The van der Waals surface area contributed by atoms with Crippen molar-refractivity contribution in [3.63, 3.8) is 0 Å². The van der Waals surface area contributed by atoms with Crippen LogP contribution in [0.25, 0.3) is 0 Å². The normalized spacial score (nSPS) is 17.3. The van der Waals surface area contributed by atoms with Gasteiger partial charge in [0.05, 0.1) is 16.6 Å². The van der Waals surface area contributed by atoms with Gasteiger partial charge in [-0.15, -0.1) is 0 Å².